The molecule has 0 radical (unpaired) electrons. The fourth-order valence-electron chi connectivity index (χ4n) is 4.53. The lowest BCUT2D eigenvalue weighted by molar-refractivity contribution is -0.136. The number of piperazine rings is 1. The smallest absolute Gasteiger partial charge is 0.227 e. The Morgan fingerprint density at radius 3 is 2.65 bits per heavy atom. The second kappa shape index (κ2) is 8.74. The topological polar surface area (TPSA) is 78.4 Å². The highest BCUT2D eigenvalue weighted by molar-refractivity contribution is 7.18. The molecule has 0 aromatic carbocycles. The fourth-order valence-corrected chi connectivity index (χ4v) is 5.46. The van der Waals surface area contributed by atoms with Gasteiger partial charge in [0.05, 0.1) is 11.3 Å². The van der Waals surface area contributed by atoms with E-state index >= 15 is 0 Å². The molecule has 0 bridgehead atoms. The number of carbonyl (C=O) groups excluding carboxylic acids is 1. The number of thiophene rings is 1. The summed E-state index contributed by atoms with van der Waals surface area (Å²) < 4.78 is 0. The first kappa shape index (κ1) is 20.1. The molecule has 3 aromatic heterocycles. The van der Waals surface area contributed by atoms with Gasteiger partial charge in [0.15, 0.2) is 0 Å². The van der Waals surface area contributed by atoms with Crippen molar-refractivity contribution < 1.29 is 4.79 Å². The summed E-state index contributed by atoms with van der Waals surface area (Å²) in [7, 11) is 0. The van der Waals surface area contributed by atoms with Gasteiger partial charge in [-0.05, 0) is 31.4 Å². The maximum Gasteiger partial charge on any atom is 0.227 e. The zero-order valence-electron chi connectivity index (χ0n) is 17.8. The standard InChI is InChI=1S/C22H27N7OS/c1-2-17-13-18-19(25-15-26-20(18)31-17)29-8-3-5-16(14-29)21(30)27-9-11-28(12-10-27)22-23-6-4-7-24-22/h4,6-7,13,15-16H,2-3,5,8-12,14H2,1H3. The molecule has 9 heteroatoms. The summed E-state index contributed by atoms with van der Waals surface area (Å²) in [6, 6.07) is 4.04. The van der Waals surface area contributed by atoms with Crippen LogP contribution in [0.5, 0.6) is 0 Å². The van der Waals surface area contributed by atoms with Crippen molar-refractivity contribution in [3.63, 3.8) is 0 Å². The minimum absolute atomic E-state index is 0.0163. The first-order chi connectivity index (χ1) is 15.2. The van der Waals surface area contributed by atoms with Crippen molar-refractivity contribution in [1.29, 1.82) is 0 Å². The van der Waals surface area contributed by atoms with Crippen molar-refractivity contribution in [1.82, 2.24) is 24.8 Å². The molecule has 8 nitrogen and oxygen atoms in total. The molecule has 1 amide bonds. The third-order valence-corrected chi connectivity index (χ3v) is 7.39. The van der Waals surface area contributed by atoms with E-state index in [2.05, 4.69) is 42.7 Å². The number of piperidine rings is 1. The monoisotopic (exact) mass is 437 g/mol. The van der Waals surface area contributed by atoms with E-state index in [1.807, 2.05) is 11.0 Å². The summed E-state index contributed by atoms with van der Waals surface area (Å²) in [5.41, 5.74) is 0. The molecule has 0 spiro atoms. The number of fused-ring (bicyclic) bond motifs is 1. The second-order valence-electron chi connectivity index (χ2n) is 8.13. The third kappa shape index (κ3) is 4.06. The summed E-state index contributed by atoms with van der Waals surface area (Å²) in [6.45, 7) is 6.81. The Bertz CT molecular complexity index is 1050. The van der Waals surface area contributed by atoms with Crippen LogP contribution in [0.3, 0.4) is 0 Å². The number of carbonyl (C=O) groups is 1. The Hall–Kier alpha value is -2.81. The summed E-state index contributed by atoms with van der Waals surface area (Å²) in [4.78, 5) is 39.8. The molecule has 31 heavy (non-hydrogen) atoms. The van der Waals surface area contributed by atoms with E-state index < -0.39 is 0 Å². The van der Waals surface area contributed by atoms with Crippen LogP contribution in [-0.2, 0) is 11.2 Å². The predicted octanol–water partition coefficient (Wildman–Crippen LogP) is 2.61. The van der Waals surface area contributed by atoms with Crippen LogP contribution in [0.1, 0.15) is 24.6 Å². The van der Waals surface area contributed by atoms with Crippen molar-refractivity contribution in [3.8, 4) is 0 Å². The number of amides is 1. The molecule has 5 rings (SSSR count). The van der Waals surface area contributed by atoms with Crippen molar-refractivity contribution in [2.45, 2.75) is 26.2 Å². The van der Waals surface area contributed by atoms with Gasteiger partial charge >= 0.3 is 0 Å². The zero-order chi connectivity index (χ0) is 21.2. The van der Waals surface area contributed by atoms with Crippen molar-refractivity contribution in [2.24, 2.45) is 5.92 Å². The van der Waals surface area contributed by atoms with Crippen LogP contribution in [0.2, 0.25) is 0 Å². The maximum atomic E-state index is 13.3. The number of rotatable bonds is 4. The van der Waals surface area contributed by atoms with Crippen LogP contribution in [0.15, 0.2) is 30.9 Å². The largest absolute Gasteiger partial charge is 0.355 e. The SMILES string of the molecule is CCc1cc2c(N3CCCC(C(=O)N4CCN(c5ncccn5)CC4)C3)ncnc2s1. The molecule has 1 unspecified atom stereocenters. The number of nitrogens with zero attached hydrogens (tertiary/aromatic N) is 7. The highest BCUT2D eigenvalue weighted by Gasteiger charge is 2.32. The Labute approximate surface area is 185 Å². The summed E-state index contributed by atoms with van der Waals surface area (Å²) in [6.07, 6.45) is 8.13. The summed E-state index contributed by atoms with van der Waals surface area (Å²) >= 11 is 1.74. The molecule has 0 saturated carbocycles. The lowest BCUT2D eigenvalue weighted by Crippen LogP contribution is -2.53. The molecule has 2 aliphatic rings. The van der Waals surface area contributed by atoms with Gasteiger partial charge in [0.2, 0.25) is 11.9 Å². The summed E-state index contributed by atoms with van der Waals surface area (Å²) in [5.74, 6) is 2.00. The Kier molecular flexibility index (Phi) is 5.67. The van der Waals surface area contributed by atoms with Crippen LogP contribution in [-0.4, -0.2) is 70.0 Å². The van der Waals surface area contributed by atoms with E-state index in [9.17, 15) is 4.79 Å². The molecule has 2 aliphatic heterocycles. The molecule has 2 fully saturated rings. The van der Waals surface area contributed by atoms with E-state index in [1.165, 1.54) is 4.88 Å². The van der Waals surface area contributed by atoms with Crippen molar-refractivity contribution in [3.05, 3.63) is 35.7 Å². The van der Waals surface area contributed by atoms with Gasteiger partial charge in [0.1, 0.15) is 17.0 Å². The number of aromatic nitrogens is 4. The minimum atomic E-state index is 0.0163. The molecular formula is C22H27N7OS. The Morgan fingerprint density at radius 1 is 1.06 bits per heavy atom. The molecular weight excluding hydrogens is 410 g/mol. The Balaban J connectivity index is 1.26. The Morgan fingerprint density at radius 2 is 1.87 bits per heavy atom. The van der Waals surface area contributed by atoms with E-state index in [0.29, 0.717) is 0 Å². The normalized spacial score (nSPS) is 19.8. The highest BCUT2D eigenvalue weighted by atomic mass is 32.1. The minimum Gasteiger partial charge on any atom is -0.355 e. The lowest BCUT2D eigenvalue weighted by Gasteiger charge is -2.39. The summed E-state index contributed by atoms with van der Waals surface area (Å²) in [5, 5.41) is 1.12. The number of hydrogen-bond donors (Lipinski definition) is 0. The van der Waals surface area contributed by atoms with E-state index in [4.69, 9.17) is 0 Å². The lowest BCUT2D eigenvalue weighted by atomic mass is 9.96. The van der Waals surface area contributed by atoms with Crippen molar-refractivity contribution in [2.75, 3.05) is 49.1 Å². The second-order valence-corrected chi connectivity index (χ2v) is 9.24. The first-order valence-electron chi connectivity index (χ1n) is 11.0. The maximum absolute atomic E-state index is 13.3. The van der Waals surface area contributed by atoms with Crippen molar-refractivity contribution >= 4 is 39.2 Å². The van der Waals surface area contributed by atoms with Gasteiger partial charge in [0.25, 0.3) is 0 Å². The van der Waals surface area contributed by atoms with Crippen LogP contribution in [0.25, 0.3) is 10.2 Å². The molecule has 0 N–H and O–H groups in total. The van der Waals surface area contributed by atoms with Crippen LogP contribution in [0, 0.1) is 5.92 Å². The van der Waals surface area contributed by atoms with Gasteiger partial charge in [-0.3, -0.25) is 4.79 Å². The fraction of sp³-hybridized carbons (Fsp3) is 0.500. The number of aryl methyl sites for hydroxylation is 1. The molecule has 5 heterocycles. The van der Waals surface area contributed by atoms with Gasteiger partial charge < -0.3 is 14.7 Å². The van der Waals surface area contributed by atoms with Gasteiger partial charge in [-0.25, -0.2) is 19.9 Å². The van der Waals surface area contributed by atoms with Crippen LogP contribution < -0.4 is 9.80 Å². The molecule has 162 valence electrons. The number of anilines is 2. The highest BCUT2D eigenvalue weighted by Crippen LogP contribution is 2.33. The van der Waals surface area contributed by atoms with Crippen LogP contribution in [0.4, 0.5) is 11.8 Å². The molecule has 1 atom stereocenters. The average molecular weight is 438 g/mol. The van der Waals surface area contributed by atoms with E-state index in [-0.39, 0.29) is 11.8 Å². The number of hydrogen-bond acceptors (Lipinski definition) is 8. The van der Waals surface area contributed by atoms with Crippen LogP contribution >= 0.6 is 11.3 Å². The molecule has 2 saturated heterocycles. The van der Waals surface area contributed by atoms with E-state index in [0.717, 1.165) is 80.5 Å². The molecule has 0 aliphatic carbocycles. The first-order valence-corrected chi connectivity index (χ1v) is 11.8. The average Bonchev–Trinajstić information content (AvgIpc) is 3.28. The molecule has 3 aromatic rings. The van der Waals surface area contributed by atoms with E-state index in [1.54, 1.807) is 30.1 Å². The van der Waals surface area contributed by atoms with Gasteiger partial charge in [-0.15, -0.1) is 11.3 Å². The quantitative estimate of drug-likeness (QED) is 0.621. The third-order valence-electron chi connectivity index (χ3n) is 6.20. The predicted molar refractivity (Wildman–Crippen MR) is 123 cm³/mol. The van der Waals surface area contributed by atoms with Gasteiger partial charge in [-0.2, -0.15) is 0 Å². The van der Waals surface area contributed by atoms with Gasteiger partial charge in [0, 0.05) is 56.5 Å². The zero-order valence-corrected chi connectivity index (χ0v) is 18.6. The van der Waals surface area contributed by atoms with Gasteiger partial charge in [-0.1, -0.05) is 6.92 Å².